The highest BCUT2D eigenvalue weighted by molar-refractivity contribution is 5.27. The number of aliphatic hydroxyl groups excluding tert-OH is 1. The summed E-state index contributed by atoms with van der Waals surface area (Å²) in [6, 6.07) is 8.80. The monoisotopic (exact) mass is 205 g/mol. The van der Waals surface area contributed by atoms with Gasteiger partial charge in [0, 0.05) is 0 Å². The zero-order valence-corrected chi connectivity index (χ0v) is 7.98. The zero-order valence-electron chi connectivity index (χ0n) is 7.98. The third kappa shape index (κ3) is 2.00. The van der Waals surface area contributed by atoms with Crippen LogP contribution in [0.3, 0.4) is 0 Å². The second-order valence-electron chi connectivity index (χ2n) is 3.06. The molecule has 1 heterocycles. The number of tetrazole rings is 1. The summed E-state index contributed by atoms with van der Waals surface area (Å²) in [5, 5.41) is 20.5. The standard InChI is InChI=1S/C9H11N5O/c10-8(6-15)9-11-13-14(12-9)7-4-2-1-3-5-7/h1-5,8,15H,6,10H2. The molecule has 78 valence electrons. The minimum atomic E-state index is -0.581. The molecular formula is C9H11N5O. The number of hydrogen-bond acceptors (Lipinski definition) is 5. The van der Waals surface area contributed by atoms with E-state index in [0.717, 1.165) is 5.69 Å². The summed E-state index contributed by atoms with van der Waals surface area (Å²) < 4.78 is 0. The van der Waals surface area contributed by atoms with Crippen LogP contribution < -0.4 is 5.73 Å². The van der Waals surface area contributed by atoms with Crippen molar-refractivity contribution in [3.8, 4) is 5.69 Å². The Balaban J connectivity index is 2.28. The highest BCUT2D eigenvalue weighted by atomic mass is 16.3. The van der Waals surface area contributed by atoms with Gasteiger partial charge in [-0.1, -0.05) is 18.2 Å². The van der Waals surface area contributed by atoms with Crippen LogP contribution in [0.15, 0.2) is 30.3 Å². The number of nitrogens with two attached hydrogens (primary N) is 1. The molecule has 15 heavy (non-hydrogen) atoms. The van der Waals surface area contributed by atoms with Crippen molar-refractivity contribution >= 4 is 0 Å². The van der Waals surface area contributed by atoms with Gasteiger partial charge in [0.05, 0.1) is 18.3 Å². The molecule has 0 saturated heterocycles. The topological polar surface area (TPSA) is 89.9 Å². The molecule has 0 amide bonds. The Labute approximate surface area is 86.3 Å². The largest absolute Gasteiger partial charge is 0.394 e. The van der Waals surface area contributed by atoms with Gasteiger partial charge < -0.3 is 10.8 Å². The van der Waals surface area contributed by atoms with Gasteiger partial charge in [0.1, 0.15) is 0 Å². The molecule has 0 radical (unpaired) electrons. The lowest BCUT2D eigenvalue weighted by molar-refractivity contribution is 0.263. The first-order valence-electron chi connectivity index (χ1n) is 4.53. The van der Waals surface area contributed by atoms with Gasteiger partial charge in [-0.2, -0.15) is 0 Å². The molecule has 2 aromatic rings. The first-order valence-corrected chi connectivity index (χ1v) is 4.53. The fourth-order valence-corrected chi connectivity index (χ4v) is 1.13. The summed E-state index contributed by atoms with van der Waals surface area (Å²) in [5.74, 6) is 0.335. The third-order valence-corrected chi connectivity index (χ3v) is 1.94. The second-order valence-corrected chi connectivity index (χ2v) is 3.06. The van der Waals surface area contributed by atoms with Crippen molar-refractivity contribution in [2.45, 2.75) is 6.04 Å². The Morgan fingerprint density at radius 2 is 2.07 bits per heavy atom. The minimum Gasteiger partial charge on any atom is -0.394 e. The summed E-state index contributed by atoms with van der Waals surface area (Å²) in [6.45, 7) is -0.194. The molecular weight excluding hydrogens is 194 g/mol. The Kier molecular flexibility index (Phi) is 2.70. The van der Waals surface area contributed by atoms with Crippen molar-refractivity contribution in [3.63, 3.8) is 0 Å². The Bertz CT molecular complexity index is 427. The zero-order chi connectivity index (χ0) is 10.7. The first-order chi connectivity index (χ1) is 7.31. The van der Waals surface area contributed by atoms with Gasteiger partial charge in [0.25, 0.3) is 0 Å². The number of nitrogens with zero attached hydrogens (tertiary/aromatic N) is 4. The van der Waals surface area contributed by atoms with E-state index in [9.17, 15) is 0 Å². The first kappa shape index (κ1) is 9.75. The van der Waals surface area contributed by atoms with E-state index >= 15 is 0 Å². The Morgan fingerprint density at radius 3 is 2.73 bits per heavy atom. The number of rotatable bonds is 3. The molecule has 2 rings (SSSR count). The lowest BCUT2D eigenvalue weighted by atomic mass is 10.3. The van der Waals surface area contributed by atoms with Gasteiger partial charge >= 0.3 is 0 Å². The smallest absolute Gasteiger partial charge is 0.194 e. The van der Waals surface area contributed by atoms with Gasteiger partial charge in [-0.15, -0.1) is 15.0 Å². The quantitative estimate of drug-likeness (QED) is 0.715. The number of aromatic nitrogens is 4. The van der Waals surface area contributed by atoms with Gasteiger partial charge in [-0.25, -0.2) is 0 Å². The average molecular weight is 205 g/mol. The van der Waals surface area contributed by atoms with Gasteiger partial charge in [-0.05, 0) is 17.3 Å². The molecule has 3 N–H and O–H groups in total. The van der Waals surface area contributed by atoms with Crippen LogP contribution in [0.2, 0.25) is 0 Å². The van der Waals surface area contributed by atoms with Crippen LogP contribution in [0, 0.1) is 0 Å². The normalized spacial score (nSPS) is 12.7. The minimum absolute atomic E-state index is 0.194. The van der Waals surface area contributed by atoms with Crippen molar-refractivity contribution in [2.24, 2.45) is 5.73 Å². The van der Waals surface area contributed by atoms with E-state index in [1.54, 1.807) is 0 Å². The highest BCUT2D eigenvalue weighted by Gasteiger charge is 2.11. The SMILES string of the molecule is NC(CO)c1nnn(-c2ccccc2)n1. The fourth-order valence-electron chi connectivity index (χ4n) is 1.13. The van der Waals surface area contributed by atoms with Gasteiger partial charge in [0.15, 0.2) is 5.82 Å². The van der Waals surface area contributed by atoms with Crippen LogP contribution in [0.5, 0.6) is 0 Å². The number of para-hydroxylation sites is 1. The lowest BCUT2D eigenvalue weighted by Gasteiger charge is -1.99. The predicted molar refractivity (Wildman–Crippen MR) is 53.2 cm³/mol. The molecule has 0 saturated carbocycles. The van der Waals surface area contributed by atoms with Crippen LogP contribution in [-0.2, 0) is 0 Å². The molecule has 0 aliphatic carbocycles. The molecule has 1 atom stereocenters. The summed E-state index contributed by atoms with van der Waals surface area (Å²) in [5.41, 5.74) is 6.36. The average Bonchev–Trinajstić information content (AvgIpc) is 2.78. The van der Waals surface area contributed by atoms with Gasteiger partial charge in [-0.3, -0.25) is 0 Å². The number of hydrogen-bond donors (Lipinski definition) is 2. The van der Waals surface area contributed by atoms with E-state index in [-0.39, 0.29) is 6.61 Å². The molecule has 0 spiro atoms. The van der Waals surface area contributed by atoms with E-state index in [4.69, 9.17) is 10.8 Å². The Morgan fingerprint density at radius 1 is 1.33 bits per heavy atom. The van der Waals surface area contributed by atoms with Crippen LogP contribution in [-0.4, -0.2) is 31.9 Å². The molecule has 0 aliphatic rings. The molecule has 0 fully saturated rings. The summed E-state index contributed by atoms with van der Waals surface area (Å²) >= 11 is 0. The maximum Gasteiger partial charge on any atom is 0.194 e. The van der Waals surface area contributed by atoms with Crippen molar-refractivity contribution < 1.29 is 5.11 Å². The van der Waals surface area contributed by atoms with Crippen molar-refractivity contribution in [1.82, 2.24) is 20.2 Å². The molecule has 1 unspecified atom stereocenters. The third-order valence-electron chi connectivity index (χ3n) is 1.94. The molecule has 6 heteroatoms. The van der Waals surface area contributed by atoms with Crippen molar-refractivity contribution in [2.75, 3.05) is 6.61 Å². The van der Waals surface area contributed by atoms with E-state index < -0.39 is 6.04 Å². The van der Waals surface area contributed by atoms with E-state index in [0.29, 0.717) is 5.82 Å². The summed E-state index contributed by atoms with van der Waals surface area (Å²) in [4.78, 5) is 1.38. The second kappa shape index (κ2) is 4.16. The van der Waals surface area contributed by atoms with Crippen molar-refractivity contribution in [1.29, 1.82) is 0 Å². The number of benzene rings is 1. The van der Waals surface area contributed by atoms with Crippen LogP contribution in [0.25, 0.3) is 5.69 Å². The van der Waals surface area contributed by atoms with E-state index in [1.807, 2.05) is 30.3 Å². The van der Waals surface area contributed by atoms with Crippen LogP contribution in [0.1, 0.15) is 11.9 Å². The highest BCUT2D eigenvalue weighted by Crippen LogP contribution is 2.05. The summed E-state index contributed by atoms with van der Waals surface area (Å²) in [7, 11) is 0. The summed E-state index contributed by atoms with van der Waals surface area (Å²) in [6.07, 6.45) is 0. The van der Waals surface area contributed by atoms with E-state index in [2.05, 4.69) is 15.4 Å². The van der Waals surface area contributed by atoms with Crippen LogP contribution >= 0.6 is 0 Å². The lowest BCUT2D eigenvalue weighted by Crippen LogP contribution is -2.16. The maximum absolute atomic E-state index is 8.83. The molecule has 0 aliphatic heterocycles. The molecule has 6 nitrogen and oxygen atoms in total. The fraction of sp³-hybridized carbons (Fsp3) is 0.222. The van der Waals surface area contributed by atoms with Crippen LogP contribution in [0.4, 0.5) is 0 Å². The Hall–Kier alpha value is -1.79. The predicted octanol–water partition coefficient (Wildman–Crippen LogP) is -0.346. The van der Waals surface area contributed by atoms with Gasteiger partial charge in [0.2, 0.25) is 0 Å². The number of aliphatic hydroxyl groups is 1. The molecule has 1 aromatic carbocycles. The van der Waals surface area contributed by atoms with E-state index in [1.165, 1.54) is 4.80 Å². The molecule has 0 bridgehead atoms. The maximum atomic E-state index is 8.83. The molecule has 1 aromatic heterocycles. The van der Waals surface area contributed by atoms with Crippen molar-refractivity contribution in [3.05, 3.63) is 36.2 Å².